The Hall–Kier alpha value is -3.90. The fraction of sp³-hybridized carbons (Fsp3) is 0.214. The van der Waals surface area contributed by atoms with Gasteiger partial charge in [0, 0.05) is 16.9 Å². The Morgan fingerprint density at radius 2 is 1.94 bits per heavy atom. The van der Waals surface area contributed by atoms with Crippen LogP contribution in [0.15, 0.2) is 78.9 Å². The van der Waals surface area contributed by atoms with Gasteiger partial charge in [-0.05, 0) is 54.4 Å². The summed E-state index contributed by atoms with van der Waals surface area (Å²) < 4.78 is 16.7. The van der Waals surface area contributed by atoms with Gasteiger partial charge in [-0.2, -0.15) is 0 Å². The largest absolute Gasteiger partial charge is 0.493 e. The summed E-state index contributed by atoms with van der Waals surface area (Å²) in [4.78, 5) is 16.5. The maximum Gasteiger partial charge on any atom is 0.337 e. The van der Waals surface area contributed by atoms with Crippen LogP contribution in [0.2, 0.25) is 0 Å². The average Bonchev–Trinajstić information content (AvgIpc) is 2.89. The Labute approximate surface area is 197 Å². The molecule has 34 heavy (non-hydrogen) atoms. The van der Waals surface area contributed by atoms with Gasteiger partial charge in [-0.3, -0.25) is 0 Å². The highest BCUT2D eigenvalue weighted by atomic mass is 16.5. The van der Waals surface area contributed by atoms with Crippen molar-refractivity contribution in [2.24, 2.45) is 5.92 Å². The van der Waals surface area contributed by atoms with Crippen LogP contribution in [0.3, 0.4) is 0 Å². The third kappa shape index (κ3) is 4.58. The summed E-state index contributed by atoms with van der Waals surface area (Å²) in [6.45, 7) is 0.710. The van der Waals surface area contributed by atoms with Crippen LogP contribution in [-0.4, -0.2) is 29.8 Å². The van der Waals surface area contributed by atoms with Gasteiger partial charge in [0.2, 0.25) is 0 Å². The average molecular weight is 456 g/mol. The maximum absolute atomic E-state index is 11.8. The van der Waals surface area contributed by atoms with Crippen LogP contribution in [0.5, 0.6) is 11.5 Å². The van der Waals surface area contributed by atoms with Gasteiger partial charge in [0.1, 0.15) is 18.1 Å². The number of esters is 1. The molecule has 2 heterocycles. The summed E-state index contributed by atoms with van der Waals surface area (Å²) in [6.07, 6.45) is -0.148. The fourth-order valence-electron chi connectivity index (χ4n) is 4.28. The molecule has 0 saturated carbocycles. The molecule has 0 spiro atoms. The smallest absolute Gasteiger partial charge is 0.337 e. The number of nitrogens with zero attached hydrogens (tertiary/aromatic N) is 1. The molecular weight excluding hydrogens is 430 g/mol. The van der Waals surface area contributed by atoms with Crippen LogP contribution in [0.25, 0.3) is 10.9 Å². The normalized spacial score (nSPS) is 17.0. The number of methoxy groups -OCH3 is 1. The number of aliphatic hydroxyl groups excluding tert-OH is 1. The molecule has 5 rings (SSSR count). The minimum Gasteiger partial charge on any atom is -0.493 e. The van der Waals surface area contributed by atoms with E-state index < -0.39 is 6.10 Å². The molecule has 0 saturated heterocycles. The molecule has 4 aromatic rings. The van der Waals surface area contributed by atoms with Crippen molar-refractivity contribution in [3.63, 3.8) is 0 Å². The Morgan fingerprint density at radius 3 is 2.82 bits per heavy atom. The van der Waals surface area contributed by atoms with Crippen molar-refractivity contribution >= 4 is 16.9 Å². The van der Waals surface area contributed by atoms with Gasteiger partial charge >= 0.3 is 5.97 Å². The van der Waals surface area contributed by atoms with Gasteiger partial charge < -0.3 is 19.3 Å². The summed E-state index contributed by atoms with van der Waals surface area (Å²) in [5.41, 5.74) is 3.89. The molecule has 2 unspecified atom stereocenters. The number of aromatic nitrogens is 1. The van der Waals surface area contributed by atoms with Gasteiger partial charge in [-0.1, -0.05) is 36.4 Å². The van der Waals surface area contributed by atoms with Crippen molar-refractivity contribution in [1.29, 1.82) is 0 Å². The van der Waals surface area contributed by atoms with E-state index in [0.29, 0.717) is 42.3 Å². The second-order valence-electron chi connectivity index (χ2n) is 8.40. The van der Waals surface area contributed by atoms with Crippen molar-refractivity contribution in [2.45, 2.75) is 19.1 Å². The molecule has 0 radical (unpaired) electrons. The van der Waals surface area contributed by atoms with Crippen molar-refractivity contribution in [3.8, 4) is 11.5 Å². The van der Waals surface area contributed by atoms with Crippen LogP contribution in [0.1, 0.15) is 33.3 Å². The third-order valence-electron chi connectivity index (χ3n) is 6.09. The lowest BCUT2D eigenvalue weighted by Gasteiger charge is -2.30. The zero-order valence-corrected chi connectivity index (χ0v) is 18.8. The van der Waals surface area contributed by atoms with Crippen LogP contribution in [0.4, 0.5) is 0 Å². The summed E-state index contributed by atoms with van der Waals surface area (Å²) in [7, 11) is 1.36. The molecule has 0 fully saturated rings. The minimum absolute atomic E-state index is 0.155. The fourth-order valence-corrected chi connectivity index (χ4v) is 4.28. The maximum atomic E-state index is 11.8. The molecule has 0 bridgehead atoms. The Morgan fingerprint density at radius 1 is 1.06 bits per heavy atom. The van der Waals surface area contributed by atoms with Crippen LogP contribution in [-0.2, 0) is 17.8 Å². The molecule has 0 amide bonds. The van der Waals surface area contributed by atoms with E-state index in [2.05, 4.69) is 4.98 Å². The summed E-state index contributed by atoms with van der Waals surface area (Å²) >= 11 is 0. The summed E-state index contributed by atoms with van der Waals surface area (Å²) in [5.74, 6) is 0.765. The van der Waals surface area contributed by atoms with Crippen molar-refractivity contribution < 1.29 is 24.1 Å². The highest BCUT2D eigenvalue weighted by molar-refractivity contribution is 5.89. The second-order valence-corrected chi connectivity index (χ2v) is 8.40. The van der Waals surface area contributed by atoms with E-state index in [9.17, 15) is 9.90 Å². The van der Waals surface area contributed by atoms with Gasteiger partial charge in [0.05, 0.1) is 36.6 Å². The van der Waals surface area contributed by atoms with Gasteiger partial charge in [-0.25, -0.2) is 9.78 Å². The number of ether oxygens (including phenoxy) is 3. The number of hydrogen-bond acceptors (Lipinski definition) is 6. The lowest BCUT2D eigenvalue weighted by atomic mass is 9.88. The molecule has 6 heteroatoms. The van der Waals surface area contributed by atoms with E-state index >= 15 is 0 Å². The molecule has 1 N–H and O–H groups in total. The standard InChI is InChI=1S/C28H25NO5/c1-32-28(31)20-7-4-5-18(13-20)14-21-16-34-26-12-11-23(15-24(26)27(21)30)33-17-22-10-9-19-6-2-3-8-25(19)29-22/h2-13,15,21,27,30H,14,16-17H2,1H3. The molecule has 2 atom stereocenters. The number of hydrogen-bond donors (Lipinski definition) is 1. The number of fused-ring (bicyclic) bond motifs is 2. The highest BCUT2D eigenvalue weighted by Gasteiger charge is 2.30. The molecule has 172 valence electrons. The summed E-state index contributed by atoms with van der Waals surface area (Å²) in [5, 5.41) is 12.2. The number of carbonyl (C=O) groups excluding carboxylic acids is 1. The zero-order chi connectivity index (χ0) is 23.5. The molecular formula is C28H25NO5. The molecule has 3 aromatic carbocycles. The zero-order valence-electron chi connectivity index (χ0n) is 18.8. The predicted octanol–water partition coefficient (Wildman–Crippen LogP) is 4.89. The van der Waals surface area contributed by atoms with E-state index in [-0.39, 0.29) is 11.9 Å². The molecule has 1 aliphatic rings. The Kier molecular flexibility index (Phi) is 6.14. The van der Waals surface area contributed by atoms with Crippen molar-refractivity contribution in [2.75, 3.05) is 13.7 Å². The molecule has 0 aliphatic carbocycles. The first-order chi connectivity index (χ1) is 16.6. The molecule has 1 aliphatic heterocycles. The SMILES string of the molecule is COC(=O)c1cccc(CC2COc3ccc(OCc4ccc5ccccc5n4)cc3C2O)c1. The summed E-state index contributed by atoms with van der Waals surface area (Å²) in [6, 6.07) is 24.7. The lowest BCUT2D eigenvalue weighted by molar-refractivity contribution is 0.0504. The van der Waals surface area contributed by atoms with E-state index in [1.54, 1.807) is 12.1 Å². The lowest BCUT2D eigenvalue weighted by Crippen LogP contribution is -2.27. The highest BCUT2D eigenvalue weighted by Crippen LogP contribution is 2.39. The number of rotatable bonds is 6. The number of benzene rings is 3. The number of aliphatic hydroxyl groups is 1. The van der Waals surface area contributed by atoms with E-state index in [0.717, 1.165) is 22.2 Å². The van der Waals surface area contributed by atoms with Gasteiger partial charge in [0.15, 0.2) is 0 Å². The number of pyridine rings is 1. The third-order valence-corrected chi connectivity index (χ3v) is 6.09. The van der Waals surface area contributed by atoms with Crippen molar-refractivity contribution in [3.05, 3.63) is 101 Å². The monoisotopic (exact) mass is 455 g/mol. The quantitative estimate of drug-likeness (QED) is 0.418. The number of para-hydroxylation sites is 1. The first-order valence-electron chi connectivity index (χ1n) is 11.2. The molecule has 6 nitrogen and oxygen atoms in total. The van der Waals surface area contributed by atoms with E-state index in [4.69, 9.17) is 14.2 Å². The number of carbonyl (C=O) groups is 1. The molecule has 1 aromatic heterocycles. The minimum atomic E-state index is -0.715. The Balaban J connectivity index is 1.29. The first kappa shape index (κ1) is 21.9. The van der Waals surface area contributed by atoms with Crippen molar-refractivity contribution in [1.82, 2.24) is 4.98 Å². The Bertz CT molecular complexity index is 1340. The van der Waals surface area contributed by atoms with Gasteiger partial charge in [0.25, 0.3) is 0 Å². The predicted molar refractivity (Wildman–Crippen MR) is 128 cm³/mol. The topological polar surface area (TPSA) is 77.9 Å². The van der Waals surface area contributed by atoms with Crippen LogP contribution in [0, 0.1) is 5.92 Å². The van der Waals surface area contributed by atoms with E-state index in [1.165, 1.54) is 7.11 Å². The second kappa shape index (κ2) is 9.53. The van der Waals surface area contributed by atoms with Gasteiger partial charge in [-0.15, -0.1) is 0 Å². The van der Waals surface area contributed by atoms with Crippen LogP contribution < -0.4 is 9.47 Å². The first-order valence-corrected chi connectivity index (χ1v) is 11.2. The van der Waals surface area contributed by atoms with Crippen LogP contribution >= 0.6 is 0 Å². The van der Waals surface area contributed by atoms with E-state index in [1.807, 2.05) is 66.7 Å².